The lowest BCUT2D eigenvalue weighted by Gasteiger charge is -2.32. The van der Waals surface area contributed by atoms with E-state index in [0.717, 1.165) is 29.2 Å². The molecule has 1 heterocycles. The fourth-order valence-electron chi connectivity index (χ4n) is 2.01. The zero-order chi connectivity index (χ0) is 10.7. The van der Waals surface area contributed by atoms with Crippen molar-refractivity contribution in [3.63, 3.8) is 0 Å². The molecule has 1 aromatic rings. The highest BCUT2D eigenvalue weighted by atomic mass is 79.9. The third-order valence-corrected chi connectivity index (χ3v) is 3.50. The summed E-state index contributed by atoms with van der Waals surface area (Å²) < 4.78 is 6.33. The highest BCUT2D eigenvalue weighted by Crippen LogP contribution is 2.33. The van der Waals surface area contributed by atoms with Crippen molar-refractivity contribution in [3.05, 3.63) is 34.3 Å². The molecule has 0 N–H and O–H groups in total. The van der Waals surface area contributed by atoms with Gasteiger partial charge in [0.25, 0.3) is 0 Å². The molecule has 80 valence electrons. The molecule has 1 saturated heterocycles. The zero-order valence-electron chi connectivity index (χ0n) is 8.41. The van der Waals surface area contributed by atoms with Gasteiger partial charge >= 0.3 is 0 Å². The number of aldehydes is 1. The van der Waals surface area contributed by atoms with E-state index in [-0.39, 0.29) is 5.41 Å². The maximum Gasteiger partial charge on any atom is 0.130 e. The maximum atomic E-state index is 11.3. The largest absolute Gasteiger partial charge is 0.381 e. The maximum absolute atomic E-state index is 11.3. The van der Waals surface area contributed by atoms with Gasteiger partial charge < -0.3 is 9.53 Å². The summed E-state index contributed by atoms with van der Waals surface area (Å²) in [6.07, 6.45) is 2.65. The summed E-state index contributed by atoms with van der Waals surface area (Å²) in [5.74, 6) is 0. The van der Waals surface area contributed by atoms with Gasteiger partial charge in [0.2, 0.25) is 0 Å². The van der Waals surface area contributed by atoms with Gasteiger partial charge in [0.1, 0.15) is 6.29 Å². The molecular weight excluding hydrogens is 256 g/mol. The van der Waals surface area contributed by atoms with E-state index in [1.165, 1.54) is 0 Å². The van der Waals surface area contributed by atoms with Crippen molar-refractivity contribution in [1.29, 1.82) is 0 Å². The molecule has 0 spiro atoms. The molecule has 0 saturated carbocycles. The lowest BCUT2D eigenvalue weighted by molar-refractivity contribution is -0.115. The molecule has 0 aliphatic carbocycles. The van der Waals surface area contributed by atoms with E-state index < -0.39 is 0 Å². The average Bonchev–Trinajstić information content (AvgIpc) is 2.30. The summed E-state index contributed by atoms with van der Waals surface area (Å²) in [6, 6.07) is 7.99. The summed E-state index contributed by atoms with van der Waals surface area (Å²) in [5, 5.41) is 0. The number of halogens is 1. The third kappa shape index (κ3) is 2.13. The zero-order valence-corrected chi connectivity index (χ0v) is 10.00. The third-order valence-electron chi connectivity index (χ3n) is 3.01. The summed E-state index contributed by atoms with van der Waals surface area (Å²) >= 11 is 3.43. The monoisotopic (exact) mass is 268 g/mol. The van der Waals surface area contributed by atoms with E-state index in [4.69, 9.17) is 4.74 Å². The Hall–Kier alpha value is -0.670. The Morgan fingerprint density at radius 1 is 1.33 bits per heavy atom. The van der Waals surface area contributed by atoms with Crippen molar-refractivity contribution in [3.8, 4) is 0 Å². The first-order valence-corrected chi connectivity index (χ1v) is 5.86. The van der Waals surface area contributed by atoms with E-state index in [0.29, 0.717) is 13.2 Å². The number of hydrogen-bond acceptors (Lipinski definition) is 2. The quantitative estimate of drug-likeness (QED) is 0.771. The minimum Gasteiger partial charge on any atom is -0.381 e. The van der Waals surface area contributed by atoms with E-state index in [9.17, 15) is 4.79 Å². The van der Waals surface area contributed by atoms with Crippen molar-refractivity contribution in [1.82, 2.24) is 0 Å². The van der Waals surface area contributed by atoms with Crippen LogP contribution in [0.15, 0.2) is 28.7 Å². The number of benzene rings is 1. The second-order valence-corrected chi connectivity index (χ2v) is 4.81. The van der Waals surface area contributed by atoms with Crippen LogP contribution in [0.4, 0.5) is 0 Å². The van der Waals surface area contributed by atoms with Gasteiger partial charge in [-0.05, 0) is 30.5 Å². The molecule has 1 aliphatic rings. The van der Waals surface area contributed by atoms with Crippen LogP contribution in [-0.4, -0.2) is 19.5 Å². The predicted molar refractivity (Wildman–Crippen MR) is 61.9 cm³/mol. The number of ether oxygens (including phenoxy) is 1. The summed E-state index contributed by atoms with van der Waals surface area (Å²) in [7, 11) is 0. The van der Waals surface area contributed by atoms with Crippen LogP contribution in [0, 0.1) is 0 Å². The van der Waals surface area contributed by atoms with Crippen LogP contribution in [0.3, 0.4) is 0 Å². The molecule has 0 bridgehead atoms. The lowest BCUT2D eigenvalue weighted by Crippen LogP contribution is -2.35. The highest BCUT2D eigenvalue weighted by Gasteiger charge is 2.34. The topological polar surface area (TPSA) is 26.3 Å². The average molecular weight is 269 g/mol. The molecule has 0 amide bonds. The second kappa shape index (κ2) is 4.45. The van der Waals surface area contributed by atoms with Gasteiger partial charge in [-0.2, -0.15) is 0 Å². The molecule has 15 heavy (non-hydrogen) atoms. The molecule has 0 unspecified atom stereocenters. The molecule has 3 heteroatoms. The minimum atomic E-state index is -0.331. The van der Waals surface area contributed by atoms with Gasteiger partial charge in [0.05, 0.1) is 5.41 Å². The number of hydrogen-bond donors (Lipinski definition) is 0. The van der Waals surface area contributed by atoms with E-state index >= 15 is 0 Å². The summed E-state index contributed by atoms with van der Waals surface area (Å²) in [5.41, 5.74) is 0.761. The van der Waals surface area contributed by atoms with Crippen molar-refractivity contribution in [2.24, 2.45) is 0 Å². The Morgan fingerprint density at radius 3 is 2.67 bits per heavy atom. The SMILES string of the molecule is O=CC1(c2cccc(Br)c2)CCOCC1. The van der Waals surface area contributed by atoms with Crippen LogP contribution in [-0.2, 0) is 14.9 Å². The first-order chi connectivity index (χ1) is 7.27. The molecule has 2 rings (SSSR count). The fraction of sp³-hybridized carbons (Fsp3) is 0.417. The second-order valence-electron chi connectivity index (χ2n) is 3.90. The van der Waals surface area contributed by atoms with Gasteiger partial charge in [-0.1, -0.05) is 28.1 Å². The summed E-state index contributed by atoms with van der Waals surface area (Å²) in [6.45, 7) is 1.34. The normalized spacial score (nSPS) is 19.8. The minimum absolute atomic E-state index is 0.331. The van der Waals surface area contributed by atoms with E-state index in [2.05, 4.69) is 15.9 Å². The fourth-order valence-corrected chi connectivity index (χ4v) is 2.41. The molecular formula is C12H13BrO2. The Labute approximate surface area is 97.8 Å². The number of carbonyl (C=O) groups is 1. The van der Waals surface area contributed by atoms with Crippen molar-refractivity contribution in [2.45, 2.75) is 18.3 Å². The standard InChI is InChI=1S/C12H13BrO2/c13-11-3-1-2-10(8-11)12(9-14)4-6-15-7-5-12/h1-3,8-9H,4-7H2. The van der Waals surface area contributed by atoms with Gasteiger partial charge in [0, 0.05) is 17.7 Å². The van der Waals surface area contributed by atoms with Crippen LogP contribution in [0.1, 0.15) is 18.4 Å². The van der Waals surface area contributed by atoms with Crippen molar-refractivity contribution < 1.29 is 9.53 Å². The summed E-state index contributed by atoms with van der Waals surface area (Å²) in [4.78, 5) is 11.3. The van der Waals surface area contributed by atoms with Gasteiger partial charge in [-0.3, -0.25) is 0 Å². The van der Waals surface area contributed by atoms with Crippen LogP contribution >= 0.6 is 15.9 Å². The Balaban J connectivity index is 2.36. The highest BCUT2D eigenvalue weighted by molar-refractivity contribution is 9.10. The van der Waals surface area contributed by atoms with Crippen LogP contribution in [0.5, 0.6) is 0 Å². The van der Waals surface area contributed by atoms with Crippen LogP contribution in [0.25, 0.3) is 0 Å². The first-order valence-electron chi connectivity index (χ1n) is 5.07. The Morgan fingerprint density at radius 2 is 2.07 bits per heavy atom. The molecule has 2 nitrogen and oxygen atoms in total. The molecule has 1 aromatic carbocycles. The van der Waals surface area contributed by atoms with E-state index in [1.807, 2.05) is 24.3 Å². The van der Waals surface area contributed by atoms with Gasteiger partial charge in [-0.25, -0.2) is 0 Å². The van der Waals surface area contributed by atoms with Crippen LogP contribution in [0.2, 0.25) is 0 Å². The number of carbonyl (C=O) groups excluding carboxylic acids is 1. The Bertz CT molecular complexity index is 356. The molecule has 0 aromatic heterocycles. The lowest BCUT2D eigenvalue weighted by atomic mass is 9.75. The number of rotatable bonds is 2. The van der Waals surface area contributed by atoms with Crippen molar-refractivity contribution in [2.75, 3.05) is 13.2 Å². The molecule has 1 fully saturated rings. The molecule has 0 atom stereocenters. The van der Waals surface area contributed by atoms with Gasteiger partial charge in [0.15, 0.2) is 0 Å². The Kier molecular flexibility index (Phi) is 3.22. The van der Waals surface area contributed by atoms with Crippen LogP contribution < -0.4 is 0 Å². The van der Waals surface area contributed by atoms with Crippen molar-refractivity contribution >= 4 is 22.2 Å². The smallest absolute Gasteiger partial charge is 0.130 e. The molecule has 1 aliphatic heterocycles. The van der Waals surface area contributed by atoms with E-state index in [1.54, 1.807) is 0 Å². The predicted octanol–water partition coefficient (Wildman–Crippen LogP) is 2.70. The molecule has 0 radical (unpaired) electrons. The first kappa shape index (κ1) is 10.8. The van der Waals surface area contributed by atoms with Gasteiger partial charge in [-0.15, -0.1) is 0 Å².